The van der Waals surface area contributed by atoms with Crippen molar-refractivity contribution in [1.82, 2.24) is 5.32 Å². The van der Waals surface area contributed by atoms with Gasteiger partial charge in [-0.15, -0.1) is 11.3 Å². The van der Waals surface area contributed by atoms with Crippen LogP contribution in [0, 0.1) is 0 Å². The molecule has 98 valence electrons. The highest BCUT2D eigenvalue weighted by atomic mass is 32.1. The quantitative estimate of drug-likeness (QED) is 0.933. The van der Waals surface area contributed by atoms with Crippen LogP contribution < -0.4 is 10.1 Å². The molecule has 0 saturated heterocycles. The largest absolute Gasteiger partial charge is 0.480 e. The summed E-state index contributed by atoms with van der Waals surface area (Å²) in [4.78, 5) is 13.3. The molecule has 0 spiro atoms. The summed E-state index contributed by atoms with van der Waals surface area (Å²) in [6, 6.07) is 11.9. The number of benzene rings is 1. The third-order valence-corrected chi connectivity index (χ3v) is 4.32. The molecule has 1 aliphatic rings. The summed E-state index contributed by atoms with van der Waals surface area (Å²) in [5.41, 5.74) is 1.10. The van der Waals surface area contributed by atoms with Crippen LogP contribution in [0.15, 0.2) is 41.8 Å². The normalized spacial score (nSPS) is 18.5. The Hall–Kier alpha value is -1.81. The molecule has 4 heteroatoms. The number of amides is 1. The molecule has 1 aliphatic heterocycles. The van der Waals surface area contributed by atoms with E-state index in [4.69, 9.17) is 4.74 Å². The molecule has 3 nitrogen and oxygen atoms in total. The molecule has 0 saturated carbocycles. The van der Waals surface area contributed by atoms with Gasteiger partial charge in [0.2, 0.25) is 0 Å². The number of carbonyl (C=O) groups is 1. The Labute approximate surface area is 116 Å². The minimum atomic E-state index is -0.403. The minimum Gasteiger partial charge on any atom is -0.480 e. The number of hydrogen-bond donors (Lipinski definition) is 1. The van der Waals surface area contributed by atoms with Gasteiger partial charge in [-0.25, -0.2) is 0 Å². The van der Waals surface area contributed by atoms with Crippen LogP contribution in [-0.4, -0.2) is 12.0 Å². The lowest BCUT2D eigenvalue weighted by Gasteiger charge is -2.16. The number of rotatable bonds is 3. The van der Waals surface area contributed by atoms with Gasteiger partial charge in [0.15, 0.2) is 6.10 Å². The number of ether oxygens (including phenoxy) is 1. The van der Waals surface area contributed by atoms with Crippen LogP contribution in [0.3, 0.4) is 0 Å². The fraction of sp³-hybridized carbons (Fsp3) is 0.267. The van der Waals surface area contributed by atoms with Crippen molar-refractivity contribution in [2.24, 2.45) is 0 Å². The average molecular weight is 273 g/mol. The van der Waals surface area contributed by atoms with E-state index in [1.54, 1.807) is 11.3 Å². The van der Waals surface area contributed by atoms with Gasteiger partial charge in [-0.2, -0.15) is 0 Å². The van der Waals surface area contributed by atoms with Crippen LogP contribution in [0.2, 0.25) is 0 Å². The molecule has 0 bridgehead atoms. The average Bonchev–Trinajstić information content (AvgIpc) is 3.07. The second-order valence-electron chi connectivity index (χ2n) is 4.66. The Morgan fingerprint density at radius 3 is 2.95 bits per heavy atom. The first-order valence-electron chi connectivity index (χ1n) is 6.32. The smallest absolute Gasteiger partial charge is 0.261 e. The lowest BCUT2D eigenvalue weighted by molar-refractivity contribution is -0.127. The first-order chi connectivity index (χ1) is 9.24. The van der Waals surface area contributed by atoms with E-state index in [1.165, 1.54) is 0 Å². The SMILES string of the molecule is C[C@H](NC(=O)[C@H]1Cc2ccccc2O1)c1cccs1. The van der Waals surface area contributed by atoms with Crippen molar-refractivity contribution >= 4 is 17.2 Å². The fourth-order valence-corrected chi connectivity index (χ4v) is 2.98. The molecule has 2 aromatic rings. The molecule has 3 rings (SSSR count). The Bertz CT molecular complexity index is 555. The Kier molecular flexibility index (Phi) is 3.25. The van der Waals surface area contributed by atoms with E-state index >= 15 is 0 Å². The summed E-state index contributed by atoms with van der Waals surface area (Å²) >= 11 is 1.65. The molecule has 1 amide bonds. The molecule has 1 N–H and O–H groups in total. The van der Waals surface area contributed by atoms with E-state index in [0.29, 0.717) is 6.42 Å². The zero-order chi connectivity index (χ0) is 13.2. The molecule has 1 aromatic carbocycles. The summed E-state index contributed by atoms with van der Waals surface area (Å²) in [6.07, 6.45) is 0.249. The lowest BCUT2D eigenvalue weighted by Crippen LogP contribution is -2.38. The molecule has 1 aromatic heterocycles. The number of carbonyl (C=O) groups excluding carboxylic acids is 1. The van der Waals surface area contributed by atoms with Gasteiger partial charge in [0.1, 0.15) is 5.75 Å². The van der Waals surface area contributed by atoms with Gasteiger partial charge < -0.3 is 10.1 Å². The van der Waals surface area contributed by atoms with Crippen LogP contribution in [-0.2, 0) is 11.2 Å². The maximum atomic E-state index is 12.2. The third kappa shape index (κ3) is 2.49. The van der Waals surface area contributed by atoms with E-state index in [-0.39, 0.29) is 11.9 Å². The van der Waals surface area contributed by atoms with Gasteiger partial charge in [0.05, 0.1) is 6.04 Å². The van der Waals surface area contributed by atoms with Crippen molar-refractivity contribution < 1.29 is 9.53 Å². The zero-order valence-corrected chi connectivity index (χ0v) is 11.4. The van der Waals surface area contributed by atoms with Crippen molar-refractivity contribution in [3.05, 3.63) is 52.2 Å². The van der Waals surface area contributed by atoms with Crippen molar-refractivity contribution in [1.29, 1.82) is 0 Å². The number of fused-ring (bicyclic) bond motifs is 1. The maximum absolute atomic E-state index is 12.2. The lowest BCUT2D eigenvalue weighted by atomic mass is 10.1. The van der Waals surface area contributed by atoms with Crippen LogP contribution >= 0.6 is 11.3 Å². The van der Waals surface area contributed by atoms with E-state index in [1.807, 2.05) is 48.7 Å². The van der Waals surface area contributed by atoms with E-state index in [9.17, 15) is 4.79 Å². The predicted molar refractivity (Wildman–Crippen MR) is 75.4 cm³/mol. The topological polar surface area (TPSA) is 38.3 Å². The maximum Gasteiger partial charge on any atom is 0.261 e. The van der Waals surface area contributed by atoms with Gasteiger partial charge in [-0.3, -0.25) is 4.79 Å². The molecule has 0 unspecified atom stereocenters. The van der Waals surface area contributed by atoms with Gasteiger partial charge in [-0.1, -0.05) is 24.3 Å². The summed E-state index contributed by atoms with van der Waals surface area (Å²) in [6.45, 7) is 1.99. The molecular formula is C15H15NO2S. The van der Waals surface area contributed by atoms with E-state index in [2.05, 4.69) is 5.32 Å². The number of hydrogen-bond acceptors (Lipinski definition) is 3. The molecule has 2 heterocycles. The zero-order valence-electron chi connectivity index (χ0n) is 10.6. The Morgan fingerprint density at radius 2 is 2.21 bits per heavy atom. The monoisotopic (exact) mass is 273 g/mol. The number of para-hydroxylation sites is 1. The summed E-state index contributed by atoms with van der Waals surface area (Å²) < 4.78 is 5.68. The first kappa shape index (κ1) is 12.2. The van der Waals surface area contributed by atoms with Crippen LogP contribution in [0.4, 0.5) is 0 Å². The second kappa shape index (κ2) is 5.05. The number of thiophene rings is 1. The van der Waals surface area contributed by atoms with Gasteiger partial charge in [-0.05, 0) is 30.0 Å². The van der Waals surface area contributed by atoms with E-state index in [0.717, 1.165) is 16.2 Å². The van der Waals surface area contributed by atoms with Crippen LogP contribution in [0.25, 0.3) is 0 Å². The predicted octanol–water partition coefficient (Wildman–Crippen LogP) is 2.93. The summed E-state index contributed by atoms with van der Waals surface area (Å²) in [5, 5.41) is 5.02. The van der Waals surface area contributed by atoms with Crippen LogP contribution in [0.5, 0.6) is 5.75 Å². The standard InChI is InChI=1S/C15H15NO2S/c1-10(14-7-4-8-19-14)16-15(17)13-9-11-5-2-3-6-12(11)18-13/h2-8,10,13H,9H2,1H3,(H,16,17)/t10-,13+/m0/s1. The molecule has 2 atom stereocenters. The highest BCUT2D eigenvalue weighted by molar-refractivity contribution is 7.10. The van der Waals surface area contributed by atoms with Gasteiger partial charge >= 0.3 is 0 Å². The summed E-state index contributed by atoms with van der Waals surface area (Å²) in [5.74, 6) is 0.781. The fourth-order valence-electron chi connectivity index (χ4n) is 2.24. The first-order valence-corrected chi connectivity index (χ1v) is 7.20. The van der Waals surface area contributed by atoms with Crippen molar-refractivity contribution in [2.45, 2.75) is 25.5 Å². The molecule has 0 aliphatic carbocycles. The van der Waals surface area contributed by atoms with Crippen molar-refractivity contribution in [2.75, 3.05) is 0 Å². The molecule has 0 radical (unpaired) electrons. The second-order valence-corrected chi connectivity index (χ2v) is 5.64. The van der Waals surface area contributed by atoms with Crippen molar-refractivity contribution in [3.63, 3.8) is 0 Å². The highest BCUT2D eigenvalue weighted by Crippen LogP contribution is 2.28. The Morgan fingerprint density at radius 1 is 1.37 bits per heavy atom. The molecule has 19 heavy (non-hydrogen) atoms. The molecular weight excluding hydrogens is 258 g/mol. The molecule has 0 fully saturated rings. The van der Waals surface area contributed by atoms with Crippen LogP contribution in [0.1, 0.15) is 23.4 Å². The summed E-state index contributed by atoms with van der Waals surface area (Å²) in [7, 11) is 0. The minimum absolute atomic E-state index is 0.0276. The van der Waals surface area contributed by atoms with E-state index < -0.39 is 6.10 Å². The Balaban J connectivity index is 1.64. The number of nitrogens with one attached hydrogen (secondary N) is 1. The highest BCUT2D eigenvalue weighted by Gasteiger charge is 2.29. The third-order valence-electron chi connectivity index (χ3n) is 3.27. The van der Waals surface area contributed by atoms with Gasteiger partial charge in [0.25, 0.3) is 5.91 Å². The van der Waals surface area contributed by atoms with Crippen molar-refractivity contribution in [3.8, 4) is 5.75 Å². The van der Waals surface area contributed by atoms with Gasteiger partial charge in [0, 0.05) is 11.3 Å².